The third-order valence-corrected chi connectivity index (χ3v) is 0. The summed E-state index contributed by atoms with van der Waals surface area (Å²) in [5, 5.41) is 7.88. The lowest BCUT2D eigenvalue weighted by Gasteiger charge is -1.19. The van der Waals surface area contributed by atoms with Gasteiger partial charge in [0, 0.05) is 0 Å². The van der Waals surface area contributed by atoms with Crippen LogP contribution >= 0.6 is 0 Å². The fourth-order valence-corrected chi connectivity index (χ4v) is 0. The van der Waals surface area contributed by atoms with Crippen LogP contribution in [0, 0.1) is 9.71 Å². The van der Waals surface area contributed by atoms with Crippen molar-refractivity contribution in [3.8, 4) is 0 Å². The second kappa shape index (κ2) is 4190. The summed E-state index contributed by atoms with van der Waals surface area (Å²) in [7, 11) is 0. The molecule has 58 valence electrons. The molecule has 0 unspecified atom stereocenters. The number of hydrogen-bond donors (Lipinski definition) is 0. The number of rotatable bonds is 0. The maximum Gasteiger partial charge on any atom is 0.154 e. The SMILES string of the molecule is O.O.O.O.O.O=[O+][O-]. The van der Waals surface area contributed by atoms with Gasteiger partial charge < -0.3 is 27.4 Å². The second-order valence-electron chi connectivity index (χ2n) is 0.0680. The summed E-state index contributed by atoms with van der Waals surface area (Å²) in [5.74, 6) is 0. The Labute approximate surface area is 43.8 Å². The quantitative estimate of drug-likeness (QED) is 0.182. The molecule has 0 saturated carbocycles. The highest BCUT2D eigenvalue weighted by atomic mass is 17.2. The van der Waals surface area contributed by atoms with Crippen LogP contribution in [0.4, 0.5) is 0 Å². The molecular formula is H10O8. The lowest BCUT2D eigenvalue weighted by molar-refractivity contribution is -0.284. The molecular weight excluding hydrogens is 128 g/mol. The standard InChI is InChI=1S/O3.5H2O/c1-3-2;;;;;/h;5*1H2. The van der Waals surface area contributed by atoms with Gasteiger partial charge >= 0.3 is 0 Å². The van der Waals surface area contributed by atoms with E-state index in [1.165, 1.54) is 0 Å². The number of hydrogen-bond acceptors (Lipinski definition) is 2. The highest BCUT2D eigenvalue weighted by Gasteiger charge is 1.27. The van der Waals surface area contributed by atoms with E-state index in [0.29, 0.717) is 0 Å². The van der Waals surface area contributed by atoms with Gasteiger partial charge in [0.1, 0.15) is 0 Å². The van der Waals surface area contributed by atoms with Crippen molar-refractivity contribution < 1.29 is 32.6 Å². The zero-order valence-electron chi connectivity index (χ0n) is 3.72. The third kappa shape index (κ3) is 143. The third-order valence-electron chi connectivity index (χ3n) is 0. The predicted molar refractivity (Wildman–Crippen MR) is 24.8 cm³/mol. The van der Waals surface area contributed by atoms with E-state index < -0.39 is 0 Å². The average Bonchev–Trinajstić information content (AvgIpc) is 0.918. The monoisotopic (exact) mass is 138 g/mol. The van der Waals surface area contributed by atoms with Crippen LogP contribution in [0.1, 0.15) is 0 Å². The Balaban J connectivity index is -0.00000000200. The minimum absolute atomic E-state index is 0. The van der Waals surface area contributed by atoms with Crippen LogP contribution in [0.2, 0.25) is 0 Å². The van der Waals surface area contributed by atoms with Crippen LogP contribution in [0.3, 0.4) is 0 Å². The minimum atomic E-state index is 0. The molecule has 0 aromatic rings. The second-order valence-corrected chi connectivity index (χ2v) is 0.0680. The molecule has 0 aliphatic rings. The minimum Gasteiger partial charge on any atom is -0.412 e. The molecule has 0 heterocycles. The highest BCUT2D eigenvalue weighted by Crippen LogP contribution is 1.00. The summed E-state index contributed by atoms with van der Waals surface area (Å²) in [4.78, 5) is 7.88. The van der Waals surface area contributed by atoms with Crippen molar-refractivity contribution in [2.45, 2.75) is 0 Å². The summed E-state index contributed by atoms with van der Waals surface area (Å²) in [5.41, 5.74) is 0. The molecule has 8 nitrogen and oxygen atoms in total. The first-order valence-corrected chi connectivity index (χ1v) is 0.333. The van der Waals surface area contributed by atoms with Gasteiger partial charge in [0.2, 0.25) is 0 Å². The fraction of sp³-hybridized carbons (Fsp3) is 0. The topological polar surface area (TPSA) is 209 Å². The predicted octanol–water partition coefficient (Wildman–Crippen LogP) is -5.25. The van der Waals surface area contributed by atoms with E-state index in [-0.39, 0.29) is 27.4 Å². The Kier molecular flexibility index (Phi) is 101000. The Morgan fingerprint density at radius 1 is 0.875 bits per heavy atom. The molecule has 8 heteroatoms. The Bertz CT molecular complexity index is 7.51. The first-order chi connectivity index (χ1) is 1.41. The van der Waals surface area contributed by atoms with E-state index in [9.17, 15) is 0 Å². The van der Waals surface area contributed by atoms with Crippen molar-refractivity contribution in [2.24, 2.45) is 0 Å². The van der Waals surface area contributed by atoms with Crippen molar-refractivity contribution in [1.82, 2.24) is 0 Å². The largest absolute Gasteiger partial charge is 0.412 e. The highest BCUT2D eigenvalue weighted by molar-refractivity contribution is 4.20. The Morgan fingerprint density at radius 2 is 0.875 bits per heavy atom. The molecule has 0 aliphatic carbocycles. The molecule has 0 fully saturated rings. The maximum absolute atomic E-state index is 7.88. The van der Waals surface area contributed by atoms with Gasteiger partial charge in [0.05, 0.1) is 0 Å². The van der Waals surface area contributed by atoms with Gasteiger partial charge in [0.25, 0.3) is 0 Å². The van der Waals surface area contributed by atoms with Crippen molar-refractivity contribution in [3.05, 3.63) is 9.71 Å². The molecule has 0 aliphatic heterocycles. The lowest BCUT2D eigenvalue weighted by Crippen LogP contribution is -1.82. The van der Waals surface area contributed by atoms with Gasteiger partial charge in [0.15, 0.2) is 4.75 Å². The molecule has 0 atom stereocenters. The van der Waals surface area contributed by atoms with Crippen LogP contribution in [-0.2, 0) is 0 Å². The van der Waals surface area contributed by atoms with Gasteiger partial charge in [-0.25, -0.2) is 0 Å². The first-order valence-electron chi connectivity index (χ1n) is 0.333. The van der Waals surface area contributed by atoms with Crippen LogP contribution < -0.4 is 5.26 Å². The van der Waals surface area contributed by atoms with Crippen molar-refractivity contribution in [1.29, 1.82) is 0 Å². The van der Waals surface area contributed by atoms with Gasteiger partial charge in [-0.15, -0.1) is 0 Å². The molecule has 0 radical (unpaired) electrons. The summed E-state index contributed by atoms with van der Waals surface area (Å²) in [6, 6.07) is 0. The molecule has 8 heavy (non-hydrogen) atoms. The van der Waals surface area contributed by atoms with Gasteiger partial charge in [-0.2, -0.15) is 0 Å². The summed E-state index contributed by atoms with van der Waals surface area (Å²) in [6.07, 6.45) is 0. The lowest BCUT2D eigenvalue weighted by atomic mass is 14.8. The maximum atomic E-state index is 7.88. The van der Waals surface area contributed by atoms with Gasteiger partial charge in [-0.1, -0.05) is 10.2 Å². The van der Waals surface area contributed by atoms with E-state index in [1.807, 2.05) is 0 Å². The van der Waals surface area contributed by atoms with Crippen molar-refractivity contribution in [2.75, 3.05) is 0 Å². The van der Waals surface area contributed by atoms with Crippen LogP contribution in [-0.4, -0.2) is 27.4 Å². The molecule has 0 saturated heterocycles. The molecule has 0 aromatic heterocycles. The van der Waals surface area contributed by atoms with Crippen molar-refractivity contribution >= 4 is 0 Å². The van der Waals surface area contributed by atoms with E-state index in [1.54, 1.807) is 4.75 Å². The first kappa shape index (κ1) is 192. The van der Waals surface area contributed by atoms with Crippen LogP contribution in [0.15, 0.2) is 0 Å². The molecule has 0 spiro atoms. The Morgan fingerprint density at radius 3 is 0.875 bits per heavy atom. The normalized spacial score (nSPS) is 1.50. The molecule has 10 N–H and O–H groups in total. The summed E-state index contributed by atoms with van der Waals surface area (Å²) in [6.45, 7) is 0. The summed E-state index contributed by atoms with van der Waals surface area (Å²) >= 11 is 0. The van der Waals surface area contributed by atoms with Crippen LogP contribution in [0.25, 0.3) is 0 Å². The Hall–Kier alpha value is -0.800. The van der Waals surface area contributed by atoms with E-state index in [4.69, 9.17) is 10.2 Å². The van der Waals surface area contributed by atoms with Crippen LogP contribution in [0.5, 0.6) is 0 Å². The fourth-order valence-electron chi connectivity index (χ4n) is 0. The van der Waals surface area contributed by atoms with Crippen molar-refractivity contribution in [3.63, 3.8) is 0 Å². The zero-order chi connectivity index (χ0) is 2.71. The van der Waals surface area contributed by atoms with Gasteiger partial charge in [-0.3, -0.25) is 0 Å². The van der Waals surface area contributed by atoms with E-state index in [0.717, 1.165) is 0 Å². The summed E-state index contributed by atoms with van der Waals surface area (Å²) < 4.78 is 1.75. The zero-order valence-corrected chi connectivity index (χ0v) is 3.72. The molecule has 0 rings (SSSR count). The molecule has 0 bridgehead atoms. The molecule has 0 amide bonds. The molecule has 0 aromatic carbocycles. The van der Waals surface area contributed by atoms with E-state index in [2.05, 4.69) is 0 Å². The average molecular weight is 138 g/mol. The van der Waals surface area contributed by atoms with Gasteiger partial charge in [-0.05, 0) is 0 Å². The van der Waals surface area contributed by atoms with E-state index >= 15 is 0 Å². The smallest absolute Gasteiger partial charge is 0.154 e.